The summed E-state index contributed by atoms with van der Waals surface area (Å²) in [6.07, 6.45) is 2.74. The number of amides is 2. The van der Waals surface area contributed by atoms with Gasteiger partial charge in [0.05, 0.1) is 0 Å². The summed E-state index contributed by atoms with van der Waals surface area (Å²) in [5, 5.41) is 0. The van der Waals surface area contributed by atoms with Gasteiger partial charge in [0.15, 0.2) is 5.76 Å². The molecule has 0 bridgehead atoms. The van der Waals surface area contributed by atoms with Gasteiger partial charge in [0.25, 0.3) is 11.9 Å². The molecule has 7 nitrogen and oxygen atoms in total. The summed E-state index contributed by atoms with van der Waals surface area (Å²) in [7, 11) is 2.10. The van der Waals surface area contributed by atoms with Gasteiger partial charge in [-0.2, -0.15) is 0 Å². The van der Waals surface area contributed by atoms with Crippen LogP contribution in [0.15, 0.2) is 46.9 Å². The number of nitrogens with zero attached hydrogens (tertiary/aromatic N) is 3. The number of carbonyl (C=O) groups excluding carboxylic acids is 2. The molecule has 1 saturated carbocycles. The number of piperazine rings is 1. The molecule has 1 aliphatic carbocycles. The van der Waals surface area contributed by atoms with Gasteiger partial charge in [-0.25, -0.2) is 0 Å². The van der Waals surface area contributed by atoms with Gasteiger partial charge in [-0.05, 0) is 49.9 Å². The number of rotatable bonds is 4. The van der Waals surface area contributed by atoms with E-state index < -0.39 is 0 Å². The molecule has 2 saturated heterocycles. The molecule has 31 heavy (non-hydrogen) atoms. The highest BCUT2D eigenvalue weighted by Gasteiger charge is 2.59. The Kier molecular flexibility index (Phi) is 5.22. The van der Waals surface area contributed by atoms with Crippen LogP contribution in [-0.4, -0.2) is 72.8 Å². The highest BCUT2D eigenvalue weighted by Crippen LogP contribution is 2.60. The fraction of sp³-hybridized carbons (Fsp3) is 0.500. The van der Waals surface area contributed by atoms with E-state index in [1.807, 2.05) is 40.1 Å². The number of piperidine rings is 1. The highest BCUT2D eigenvalue weighted by molar-refractivity contribution is 5.92. The van der Waals surface area contributed by atoms with Crippen LogP contribution in [0.4, 0.5) is 0 Å². The van der Waals surface area contributed by atoms with Gasteiger partial charge in [0.2, 0.25) is 5.91 Å². The third kappa shape index (κ3) is 4.06. The molecule has 1 aromatic heterocycles. The maximum absolute atomic E-state index is 12.9. The van der Waals surface area contributed by atoms with Crippen LogP contribution in [0.2, 0.25) is 0 Å². The number of hydrogen-bond donors (Lipinski definition) is 0. The zero-order chi connectivity index (χ0) is 21.4. The second kappa shape index (κ2) is 8.04. The summed E-state index contributed by atoms with van der Waals surface area (Å²) in [5.74, 6) is 1.62. The van der Waals surface area contributed by atoms with E-state index in [-0.39, 0.29) is 17.2 Å². The molecule has 1 spiro atoms. The van der Waals surface area contributed by atoms with E-state index in [2.05, 4.69) is 11.9 Å². The van der Waals surface area contributed by atoms with Crippen LogP contribution >= 0.6 is 0 Å². The molecule has 0 N–H and O–H groups in total. The summed E-state index contributed by atoms with van der Waals surface area (Å²) in [6.45, 7) is 4.90. The predicted molar refractivity (Wildman–Crippen MR) is 115 cm³/mol. The Bertz CT molecular complexity index is 941. The number of furan rings is 1. The number of para-hydroxylation sites is 1. The minimum atomic E-state index is -0.111. The third-order valence-corrected chi connectivity index (χ3v) is 7.10. The van der Waals surface area contributed by atoms with Gasteiger partial charge >= 0.3 is 0 Å². The van der Waals surface area contributed by atoms with Crippen LogP contribution in [0, 0.1) is 11.3 Å². The molecule has 1 atom stereocenters. The van der Waals surface area contributed by atoms with Crippen molar-refractivity contribution in [1.29, 1.82) is 0 Å². The van der Waals surface area contributed by atoms with E-state index in [9.17, 15) is 9.59 Å². The van der Waals surface area contributed by atoms with E-state index in [0.29, 0.717) is 36.5 Å². The number of hydrogen-bond acceptors (Lipinski definition) is 5. The van der Waals surface area contributed by atoms with Crippen LogP contribution in [0.1, 0.15) is 29.8 Å². The van der Waals surface area contributed by atoms with E-state index in [4.69, 9.17) is 9.15 Å². The maximum atomic E-state index is 12.9. The molecule has 3 fully saturated rings. The van der Waals surface area contributed by atoms with Crippen molar-refractivity contribution in [2.24, 2.45) is 11.3 Å². The predicted octanol–water partition coefficient (Wildman–Crippen LogP) is 3.09. The fourth-order valence-corrected chi connectivity index (χ4v) is 4.90. The average molecular weight is 424 g/mol. The van der Waals surface area contributed by atoms with Crippen molar-refractivity contribution < 1.29 is 18.7 Å². The minimum absolute atomic E-state index is 0.0992. The third-order valence-electron chi connectivity index (χ3n) is 7.10. The van der Waals surface area contributed by atoms with Gasteiger partial charge in [0, 0.05) is 51.3 Å². The van der Waals surface area contributed by atoms with Crippen molar-refractivity contribution in [2.45, 2.75) is 19.3 Å². The maximum Gasteiger partial charge on any atom is 0.290 e. The van der Waals surface area contributed by atoms with Crippen LogP contribution in [0.5, 0.6) is 11.7 Å². The van der Waals surface area contributed by atoms with Crippen LogP contribution in [-0.2, 0) is 4.79 Å². The summed E-state index contributed by atoms with van der Waals surface area (Å²) >= 11 is 0. The molecule has 0 radical (unpaired) electrons. The lowest BCUT2D eigenvalue weighted by Crippen LogP contribution is -2.48. The Morgan fingerprint density at radius 1 is 0.935 bits per heavy atom. The Morgan fingerprint density at radius 2 is 1.65 bits per heavy atom. The van der Waals surface area contributed by atoms with Gasteiger partial charge in [-0.15, -0.1) is 0 Å². The van der Waals surface area contributed by atoms with Crippen LogP contribution in [0.25, 0.3) is 0 Å². The standard InChI is InChI=1S/C24H29N3O4/c1-25-13-15-27(16-14-25)22(28)19-17-24(19)9-11-26(12-10-24)23(29)20-7-8-21(31-20)30-18-5-3-2-4-6-18/h2-8,19H,9-17H2,1H3/t19-/m0/s1. The largest absolute Gasteiger partial charge is 0.426 e. The van der Waals surface area contributed by atoms with Crippen LogP contribution < -0.4 is 4.74 Å². The number of benzene rings is 1. The molecule has 7 heteroatoms. The van der Waals surface area contributed by atoms with Crippen molar-refractivity contribution >= 4 is 11.8 Å². The average Bonchev–Trinajstić information content (AvgIpc) is 3.28. The van der Waals surface area contributed by atoms with E-state index >= 15 is 0 Å². The first-order valence-electron chi connectivity index (χ1n) is 11.1. The van der Waals surface area contributed by atoms with Crippen molar-refractivity contribution in [3.05, 3.63) is 48.2 Å². The molecule has 2 aliphatic heterocycles. The fourth-order valence-electron chi connectivity index (χ4n) is 4.90. The van der Waals surface area contributed by atoms with Crippen molar-refractivity contribution in [1.82, 2.24) is 14.7 Å². The van der Waals surface area contributed by atoms with E-state index in [0.717, 1.165) is 45.4 Å². The first-order chi connectivity index (χ1) is 15.0. The highest BCUT2D eigenvalue weighted by atomic mass is 16.6. The molecule has 3 heterocycles. The Hall–Kier alpha value is -2.80. The molecule has 5 rings (SSSR count). The zero-order valence-electron chi connectivity index (χ0n) is 18.0. The number of likely N-dealkylation sites (tertiary alicyclic amines) is 1. The SMILES string of the molecule is CN1CCN(C(=O)[C@@H]2CC23CCN(C(=O)c2ccc(Oc4ccccc4)o2)CC3)CC1. The zero-order valence-corrected chi connectivity index (χ0v) is 18.0. The number of likely N-dealkylation sites (N-methyl/N-ethyl adjacent to an activating group) is 1. The summed E-state index contributed by atoms with van der Waals surface area (Å²) in [6, 6.07) is 12.7. The van der Waals surface area contributed by atoms with Gasteiger partial charge in [-0.1, -0.05) is 18.2 Å². The minimum Gasteiger partial charge on any atom is -0.426 e. The Labute approximate surface area is 182 Å². The van der Waals surface area contributed by atoms with Crippen molar-refractivity contribution in [2.75, 3.05) is 46.3 Å². The number of ether oxygens (including phenoxy) is 1. The number of carbonyl (C=O) groups is 2. The molecule has 0 unspecified atom stereocenters. The summed E-state index contributed by atoms with van der Waals surface area (Å²) in [5.41, 5.74) is 0.0992. The lowest BCUT2D eigenvalue weighted by atomic mass is 9.90. The molecule has 1 aromatic carbocycles. The topological polar surface area (TPSA) is 66.2 Å². The van der Waals surface area contributed by atoms with Crippen molar-refractivity contribution in [3.8, 4) is 11.7 Å². The lowest BCUT2D eigenvalue weighted by Gasteiger charge is -2.35. The smallest absolute Gasteiger partial charge is 0.290 e. The first-order valence-corrected chi connectivity index (χ1v) is 11.1. The second-order valence-electron chi connectivity index (χ2n) is 9.07. The van der Waals surface area contributed by atoms with Crippen molar-refractivity contribution in [3.63, 3.8) is 0 Å². The molecule has 2 aromatic rings. The molecule has 3 aliphatic rings. The summed E-state index contributed by atoms with van der Waals surface area (Å²) in [4.78, 5) is 32.0. The molecule has 164 valence electrons. The van der Waals surface area contributed by atoms with Gasteiger partial charge in [-0.3, -0.25) is 9.59 Å². The Morgan fingerprint density at radius 3 is 2.35 bits per heavy atom. The Balaban J connectivity index is 1.14. The van der Waals surface area contributed by atoms with Crippen LogP contribution in [0.3, 0.4) is 0 Å². The van der Waals surface area contributed by atoms with E-state index in [1.54, 1.807) is 12.1 Å². The monoisotopic (exact) mass is 423 g/mol. The van der Waals surface area contributed by atoms with E-state index in [1.165, 1.54) is 0 Å². The quantitative estimate of drug-likeness (QED) is 0.756. The second-order valence-corrected chi connectivity index (χ2v) is 9.07. The normalized spacial score (nSPS) is 23.1. The summed E-state index contributed by atoms with van der Waals surface area (Å²) < 4.78 is 11.3. The van der Waals surface area contributed by atoms with Gasteiger partial charge < -0.3 is 23.9 Å². The molecular weight excluding hydrogens is 394 g/mol. The lowest BCUT2D eigenvalue weighted by molar-refractivity contribution is -0.135. The molecule has 2 amide bonds. The van der Waals surface area contributed by atoms with Gasteiger partial charge in [0.1, 0.15) is 5.75 Å². The first kappa shape index (κ1) is 20.1. The molecular formula is C24H29N3O4.